The molecule has 1 aromatic rings. The van der Waals surface area contributed by atoms with E-state index in [9.17, 15) is 14.0 Å². The second kappa shape index (κ2) is 6.64. The van der Waals surface area contributed by atoms with Gasteiger partial charge in [-0.25, -0.2) is 9.18 Å². The molecule has 0 saturated carbocycles. The number of ether oxygens (including phenoxy) is 1. The van der Waals surface area contributed by atoms with E-state index in [2.05, 4.69) is 15.9 Å². The number of methoxy groups -OCH3 is 1. The topological polar surface area (TPSA) is 66.8 Å². The smallest absolute Gasteiger partial charge is 0.343 e. The number of amides is 1. The molecular weight excluding hydrogens is 357 g/mol. The van der Waals surface area contributed by atoms with Crippen molar-refractivity contribution in [1.29, 1.82) is 0 Å². The molecule has 2 rings (SSSR count). The van der Waals surface area contributed by atoms with E-state index in [0.29, 0.717) is 12.2 Å². The van der Waals surface area contributed by atoms with Crippen LogP contribution in [0.5, 0.6) is 5.75 Å². The van der Waals surface area contributed by atoms with Crippen LogP contribution in [0.25, 0.3) is 0 Å². The van der Waals surface area contributed by atoms with E-state index in [4.69, 9.17) is 9.84 Å². The molecule has 1 N–H and O–H groups in total. The van der Waals surface area contributed by atoms with Crippen LogP contribution in [0.1, 0.15) is 18.4 Å². The Morgan fingerprint density at radius 3 is 2.77 bits per heavy atom. The van der Waals surface area contributed by atoms with Crippen LogP contribution in [0.3, 0.4) is 0 Å². The Morgan fingerprint density at radius 1 is 1.50 bits per heavy atom. The second-order valence-corrected chi connectivity index (χ2v) is 6.16. The van der Waals surface area contributed by atoms with E-state index in [0.717, 1.165) is 10.0 Å². The first-order valence-electron chi connectivity index (χ1n) is 6.88. The minimum absolute atomic E-state index is 0.147. The molecule has 1 amide bonds. The Bertz CT molecular complexity index is 595. The summed E-state index contributed by atoms with van der Waals surface area (Å²) in [6.45, 7) is -0.221. The van der Waals surface area contributed by atoms with Crippen LogP contribution >= 0.6 is 15.9 Å². The first-order chi connectivity index (χ1) is 10.4. The standard InChI is InChI=1S/C15H17BrFNO4/c1-22-12-4-2-10(8-11(12)16)3-5-13(19)18-7-6-15(17,9-18)14(20)21/h2,4,8H,3,5-7,9H2,1H3,(H,20,21). The molecule has 1 saturated heterocycles. The van der Waals surface area contributed by atoms with Gasteiger partial charge in [0.05, 0.1) is 18.1 Å². The average Bonchev–Trinajstić information content (AvgIpc) is 2.89. The molecule has 1 aromatic carbocycles. The van der Waals surface area contributed by atoms with E-state index in [1.807, 2.05) is 12.1 Å². The highest BCUT2D eigenvalue weighted by molar-refractivity contribution is 9.10. The van der Waals surface area contributed by atoms with Crippen LogP contribution in [0, 0.1) is 0 Å². The lowest BCUT2D eigenvalue weighted by molar-refractivity contribution is -0.150. The highest BCUT2D eigenvalue weighted by Crippen LogP contribution is 2.28. The minimum atomic E-state index is -2.31. The Morgan fingerprint density at radius 2 is 2.23 bits per heavy atom. The van der Waals surface area contributed by atoms with E-state index >= 15 is 0 Å². The number of carboxylic acids is 1. The Labute approximate surface area is 136 Å². The van der Waals surface area contributed by atoms with Gasteiger partial charge in [-0.2, -0.15) is 0 Å². The summed E-state index contributed by atoms with van der Waals surface area (Å²) in [5.41, 5.74) is -1.36. The zero-order valence-electron chi connectivity index (χ0n) is 12.1. The SMILES string of the molecule is COc1ccc(CCC(=O)N2CCC(F)(C(=O)O)C2)cc1Br. The summed E-state index contributed by atoms with van der Waals surface area (Å²) in [5.74, 6) is -1.02. The number of rotatable bonds is 5. The van der Waals surface area contributed by atoms with Gasteiger partial charge in [0.15, 0.2) is 0 Å². The van der Waals surface area contributed by atoms with Crippen LogP contribution in [0.4, 0.5) is 4.39 Å². The Hall–Kier alpha value is -1.63. The van der Waals surface area contributed by atoms with Gasteiger partial charge < -0.3 is 14.7 Å². The third-order valence-electron chi connectivity index (χ3n) is 3.80. The molecule has 1 atom stereocenters. The van der Waals surface area contributed by atoms with E-state index in [-0.39, 0.29) is 31.8 Å². The Kier molecular flexibility index (Phi) is 5.05. The molecule has 22 heavy (non-hydrogen) atoms. The number of aliphatic carboxylic acids is 1. The van der Waals surface area contributed by atoms with Crippen molar-refractivity contribution in [3.8, 4) is 5.75 Å². The van der Waals surface area contributed by atoms with E-state index < -0.39 is 11.6 Å². The van der Waals surface area contributed by atoms with Gasteiger partial charge in [0.2, 0.25) is 11.6 Å². The number of alkyl halides is 1. The zero-order chi connectivity index (χ0) is 16.3. The van der Waals surface area contributed by atoms with Gasteiger partial charge in [0.1, 0.15) is 5.75 Å². The predicted octanol–water partition coefficient (Wildman–Crippen LogP) is 2.42. The van der Waals surface area contributed by atoms with E-state index in [1.165, 1.54) is 4.90 Å². The molecule has 0 aliphatic carbocycles. The van der Waals surface area contributed by atoms with Crippen molar-refractivity contribution in [1.82, 2.24) is 4.90 Å². The summed E-state index contributed by atoms with van der Waals surface area (Å²) in [4.78, 5) is 24.2. The number of carboxylic acid groups (broad SMARTS) is 1. The van der Waals surface area contributed by atoms with Gasteiger partial charge in [-0.05, 0) is 40.0 Å². The summed E-state index contributed by atoms with van der Waals surface area (Å²) in [7, 11) is 1.57. The van der Waals surface area contributed by atoms with Crippen molar-refractivity contribution in [2.75, 3.05) is 20.2 Å². The van der Waals surface area contributed by atoms with Crippen LogP contribution in [-0.4, -0.2) is 47.8 Å². The van der Waals surface area contributed by atoms with Gasteiger partial charge in [-0.1, -0.05) is 6.07 Å². The number of hydrogen-bond acceptors (Lipinski definition) is 3. The molecular formula is C15H17BrFNO4. The monoisotopic (exact) mass is 373 g/mol. The van der Waals surface area contributed by atoms with Gasteiger partial charge in [0, 0.05) is 19.4 Å². The highest BCUT2D eigenvalue weighted by Gasteiger charge is 2.46. The molecule has 1 unspecified atom stereocenters. The third-order valence-corrected chi connectivity index (χ3v) is 4.42. The zero-order valence-corrected chi connectivity index (χ0v) is 13.7. The fraction of sp³-hybridized carbons (Fsp3) is 0.467. The number of carbonyl (C=O) groups is 2. The number of likely N-dealkylation sites (tertiary alicyclic amines) is 1. The van der Waals surface area contributed by atoms with Gasteiger partial charge in [-0.3, -0.25) is 4.79 Å². The molecule has 0 aromatic heterocycles. The van der Waals surface area contributed by atoms with Crippen molar-refractivity contribution < 1.29 is 23.8 Å². The number of nitrogens with zero attached hydrogens (tertiary/aromatic N) is 1. The number of halogens is 2. The normalized spacial score (nSPS) is 21.0. The third kappa shape index (κ3) is 3.58. The van der Waals surface area contributed by atoms with Gasteiger partial charge in [-0.15, -0.1) is 0 Å². The van der Waals surface area contributed by atoms with Gasteiger partial charge >= 0.3 is 5.97 Å². The summed E-state index contributed by atoms with van der Waals surface area (Å²) in [6.07, 6.45) is 0.570. The molecule has 1 fully saturated rings. The van der Waals surface area contributed by atoms with Crippen LogP contribution in [0.15, 0.2) is 22.7 Å². The molecule has 1 aliphatic heterocycles. The van der Waals surface area contributed by atoms with Crippen molar-refractivity contribution in [2.24, 2.45) is 0 Å². The second-order valence-electron chi connectivity index (χ2n) is 5.30. The molecule has 120 valence electrons. The fourth-order valence-corrected chi connectivity index (χ4v) is 3.02. The molecule has 0 bridgehead atoms. The average molecular weight is 374 g/mol. The quantitative estimate of drug-likeness (QED) is 0.860. The fourth-order valence-electron chi connectivity index (χ4n) is 2.44. The number of hydrogen-bond donors (Lipinski definition) is 1. The maximum Gasteiger partial charge on any atom is 0.343 e. The lowest BCUT2D eigenvalue weighted by Crippen LogP contribution is -2.38. The van der Waals surface area contributed by atoms with E-state index in [1.54, 1.807) is 13.2 Å². The van der Waals surface area contributed by atoms with Crippen LogP contribution in [-0.2, 0) is 16.0 Å². The van der Waals surface area contributed by atoms with Gasteiger partial charge in [0.25, 0.3) is 0 Å². The largest absolute Gasteiger partial charge is 0.496 e. The number of benzene rings is 1. The maximum absolute atomic E-state index is 13.9. The summed E-state index contributed by atoms with van der Waals surface area (Å²) in [5, 5.41) is 8.83. The van der Waals surface area contributed by atoms with Crippen molar-refractivity contribution in [3.63, 3.8) is 0 Å². The molecule has 5 nitrogen and oxygen atoms in total. The molecule has 1 aliphatic rings. The molecule has 7 heteroatoms. The predicted molar refractivity (Wildman–Crippen MR) is 81.7 cm³/mol. The molecule has 0 radical (unpaired) electrons. The highest BCUT2D eigenvalue weighted by atomic mass is 79.9. The van der Waals surface area contributed by atoms with Crippen molar-refractivity contribution in [2.45, 2.75) is 24.9 Å². The van der Waals surface area contributed by atoms with Crippen molar-refractivity contribution >= 4 is 27.8 Å². The van der Waals surface area contributed by atoms with Crippen LogP contribution < -0.4 is 4.74 Å². The summed E-state index contributed by atoms with van der Waals surface area (Å²) in [6, 6.07) is 5.53. The lowest BCUT2D eigenvalue weighted by Gasteiger charge is -2.17. The summed E-state index contributed by atoms with van der Waals surface area (Å²) >= 11 is 3.38. The number of carbonyl (C=O) groups excluding carboxylic acids is 1. The van der Waals surface area contributed by atoms with Crippen LogP contribution in [0.2, 0.25) is 0 Å². The number of aryl methyl sites for hydroxylation is 1. The lowest BCUT2D eigenvalue weighted by atomic mass is 10.1. The molecule has 0 spiro atoms. The first kappa shape index (κ1) is 16.7. The first-order valence-corrected chi connectivity index (χ1v) is 7.67. The minimum Gasteiger partial charge on any atom is -0.496 e. The molecule has 1 heterocycles. The summed E-state index contributed by atoms with van der Waals surface area (Å²) < 4.78 is 19.9. The van der Waals surface area contributed by atoms with Crippen molar-refractivity contribution in [3.05, 3.63) is 28.2 Å². The Balaban J connectivity index is 1.91. The maximum atomic E-state index is 13.9.